The Morgan fingerprint density at radius 2 is 2.17 bits per heavy atom. The Morgan fingerprint density at radius 3 is 3.00 bits per heavy atom. The quantitative estimate of drug-likeness (QED) is 0.607. The van der Waals surface area contributed by atoms with Crippen molar-refractivity contribution in [1.82, 2.24) is 0 Å². The van der Waals surface area contributed by atoms with Crippen molar-refractivity contribution < 1.29 is 4.79 Å². The largest absolute Gasteiger partial charge is 0.295 e. The van der Waals surface area contributed by atoms with Gasteiger partial charge in [0.1, 0.15) is 0 Å². The van der Waals surface area contributed by atoms with E-state index in [0.29, 0.717) is 18.1 Å². The predicted molar refractivity (Wildman–Crippen MR) is 69.6 cm³/mol. The van der Waals surface area contributed by atoms with E-state index >= 15 is 0 Å². The molecule has 0 aromatic carbocycles. The normalized spacial score (nSPS) is 35.5. The van der Waals surface area contributed by atoms with Crippen LogP contribution in [0.5, 0.6) is 0 Å². The second kappa shape index (κ2) is 4.39. The first kappa shape index (κ1) is 11.7. The lowest BCUT2D eigenvalue weighted by Crippen LogP contribution is -2.35. The maximum atomic E-state index is 12.1. The minimum Gasteiger partial charge on any atom is -0.295 e. The van der Waals surface area contributed by atoms with Crippen LogP contribution >= 0.6 is 0 Å². The summed E-state index contributed by atoms with van der Waals surface area (Å²) in [6.45, 7) is 0. The van der Waals surface area contributed by atoms with Gasteiger partial charge in [-0.25, -0.2) is 0 Å². The molecular formula is C16H19NO. The molecular weight excluding hydrogens is 222 g/mol. The Bertz CT molecular complexity index is 480. The topological polar surface area (TPSA) is 40.9 Å². The van der Waals surface area contributed by atoms with Crippen LogP contribution in [0.2, 0.25) is 0 Å². The zero-order valence-electron chi connectivity index (χ0n) is 10.7. The van der Waals surface area contributed by atoms with Gasteiger partial charge in [-0.05, 0) is 49.2 Å². The molecule has 94 valence electrons. The summed E-state index contributed by atoms with van der Waals surface area (Å²) < 4.78 is 0. The highest BCUT2D eigenvalue weighted by molar-refractivity contribution is 5.97. The maximum absolute atomic E-state index is 12.1. The number of nitriles is 1. The van der Waals surface area contributed by atoms with Crippen molar-refractivity contribution in [2.75, 3.05) is 0 Å². The van der Waals surface area contributed by atoms with E-state index in [1.54, 1.807) is 0 Å². The van der Waals surface area contributed by atoms with Gasteiger partial charge in [0.2, 0.25) is 0 Å². The highest BCUT2D eigenvalue weighted by Gasteiger charge is 2.46. The molecule has 2 nitrogen and oxygen atoms in total. The Morgan fingerprint density at radius 1 is 1.28 bits per heavy atom. The van der Waals surface area contributed by atoms with Gasteiger partial charge in [-0.3, -0.25) is 4.79 Å². The molecule has 0 aromatic rings. The molecule has 0 radical (unpaired) electrons. The first-order valence-electron chi connectivity index (χ1n) is 7.11. The van der Waals surface area contributed by atoms with Crippen LogP contribution in [0.25, 0.3) is 0 Å². The first-order chi connectivity index (χ1) is 8.78. The lowest BCUT2D eigenvalue weighted by molar-refractivity contribution is -0.116. The molecule has 2 atom stereocenters. The van der Waals surface area contributed by atoms with Crippen molar-refractivity contribution in [2.45, 2.75) is 51.4 Å². The van der Waals surface area contributed by atoms with Crippen molar-refractivity contribution in [3.8, 4) is 6.07 Å². The van der Waals surface area contributed by atoms with Crippen molar-refractivity contribution in [3.63, 3.8) is 0 Å². The first-order valence-corrected chi connectivity index (χ1v) is 7.11. The summed E-state index contributed by atoms with van der Waals surface area (Å²) in [5.41, 5.74) is 1.83. The Kier molecular flexibility index (Phi) is 2.86. The highest BCUT2D eigenvalue weighted by Crippen LogP contribution is 2.52. The van der Waals surface area contributed by atoms with Crippen molar-refractivity contribution in [2.24, 2.45) is 11.3 Å². The van der Waals surface area contributed by atoms with Crippen LogP contribution in [0, 0.1) is 22.7 Å². The zero-order chi connectivity index (χ0) is 12.6. The number of nitrogens with zero attached hydrogens (tertiary/aromatic N) is 1. The van der Waals surface area contributed by atoms with Crippen LogP contribution in [0.15, 0.2) is 23.3 Å². The van der Waals surface area contributed by atoms with Gasteiger partial charge in [-0.2, -0.15) is 5.26 Å². The third-order valence-electron chi connectivity index (χ3n) is 4.93. The summed E-state index contributed by atoms with van der Waals surface area (Å²) in [7, 11) is 0. The molecule has 0 N–H and O–H groups in total. The van der Waals surface area contributed by atoms with E-state index < -0.39 is 0 Å². The molecule has 3 aliphatic carbocycles. The van der Waals surface area contributed by atoms with Gasteiger partial charge in [-0.1, -0.05) is 25.0 Å². The Balaban J connectivity index is 2.15. The van der Waals surface area contributed by atoms with Crippen molar-refractivity contribution >= 4 is 5.78 Å². The lowest BCUT2D eigenvalue weighted by Gasteiger charge is -2.40. The zero-order valence-corrected chi connectivity index (χ0v) is 10.7. The molecule has 0 unspecified atom stereocenters. The van der Waals surface area contributed by atoms with Crippen molar-refractivity contribution in [3.05, 3.63) is 23.3 Å². The van der Waals surface area contributed by atoms with Crippen LogP contribution in [0.1, 0.15) is 51.4 Å². The second-order valence-electron chi connectivity index (χ2n) is 5.80. The van der Waals surface area contributed by atoms with E-state index in [2.05, 4.69) is 18.2 Å². The monoisotopic (exact) mass is 241 g/mol. The number of ketones is 1. The second-order valence-corrected chi connectivity index (χ2v) is 5.80. The molecule has 3 aliphatic rings. The third-order valence-corrected chi connectivity index (χ3v) is 4.93. The summed E-state index contributed by atoms with van der Waals surface area (Å²) in [5.74, 6) is 0.636. The van der Waals surface area contributed by atoms with Gasteiger partial charge in [0, 0.05) is 6.42 Å². The summed E-state index contributed by atoms with van der Waals surface area (Å²) in [5, 5.41) is 9.80. The lowest BCUT2D eigenvalue weighted by atomic mass is 9.60. The summed E-state index contributed by atoms with van der Waals surface area (Å²) in [4.78, 5) is 12.1. The van der Waals surface area contributed by atoms with Gasteiger partial charge in [0.05, 0.1) is 11.5 Å². The number of allylic oxidation sites excluding steroid dienone is 4. The van der Waals surface area contributed by atoms with Crippen LogP contribution in [-0.4, -0.2) is 5.78 Å². The van der Waals surface area contributed by atoms with Gasteiger partial charge in [0.25, 0.3) is 0 Å². The van der Waals surface area contributed by atoms with Crippen LogP contribution in [0.3, 0.4) is 0 Å². The fourth-order valence-corrected chi connectivity index (χ4v) is 4.02. The van der Waals surface area contributed by atoms with E-state index in [9.17, 15) is 10.1 Å². The molecule has 0 bridgehead atoms. The highest BCUT2D eigenvalue weighted by atomic mass is 16.1. The smallest absolute Gasteiger partial charge is 0.159 e. The van der Waals surface area contributed by atoms with Gasteiger partial charge >= 0.3 is 0 Å². The van der Waals surface area contributed by atoms with E-state index in [0.717, 1.165) is 44.1 Å². The fourth-order valence-electron chi connectivity index (χ4n) is 4.02. The molecule has 1 fully saturated rings. The van der Waals surface area contributed by atoms with E-state index in [-0.39, 0.29) is 5.41 Å². The fraction of sp³-hybridized carbons (Fsp3) is 0.625. The predicted octanol–water partition coefficient (Wildman–Crippen LogP) is 3.70. The number of hydrogen-bond acceptors (Lipinski definition) is 2. The number of carbonyl (C=O) groups is 1. The van der Waals surface area contributed by atoms with Gasteiger partial charge in [-0.15, -0.1) is 0 Å². The maximum Gasteiger partial charge on any atom is 0.159 e. The summed E-state index contributed by atoms with van der Waals surface area (Å²) >= 11 is 0. The molecule has 0 aliphatic heterocycles. The number of hydrogen-bond donors (Lipinski definition) is 0. The summed E-state index contributed by atoms with van der Waals surface area (Å²) in [6.07, 6.45) is 12.1. The number of carbonyl (C=O) groups excluding carboxylic acids is 1. The molecule has 0 saturated heterocycles. The number of rotatable bonds is 0. The molecule has 3 rings (SSSR count). The molecule has 0 aromatic heterocycles. The average Bonchev–Trinajstić information content (AvgIpc) is 2.57. The molecule has 0 amide bonds. The van der Waals surface area contributed by atoms with Crippen LogP contribution in [-0.2, 0) is 4.79 Å². The summed E-state index contributed by atoms with van der Waals surface area (Å²) in [6, 6.07) is 2.62. The van der Waals surface area contributed by atoms with Crippen LogP contribution < -0.4 is 0 Å². The molecule has 18 heavy (non-hydrogen) atoms. The average molecular weight is 241 g/mol. The van der Waals surface area contributed by atoms with Crippen molar-refractivity contribution in [1.29, 1.82) is 5.26 Å². The van der Waals surface area contributed by atoms with E-state index in [4.69, 9.17) is 0 Å². The molecule has 0 heterocycles. The minimum absolute atomic E-state index is 0.293. The number of fused-ring (bicyclic) bond motifs is 2. The minimum atomic E-state index is -0.351. The van der Waals surface area contributed by atoms with E-state index in [1.807, 2.05) is 0 Å². The molecule has 1 saturated carbocycles. The third kappa shape index (κ3) is 1.57. The van der Waals surface area contributed by atoms with Crippen LogP contribution in [0.4, 0.5) is 0 Å². The molecule has 0 spiro atoms. The molecule has 2 heteroatoms. The van der Waals surface area contributed by atoms with Gasteiger partial charge in [0.15, 0.2) is 5.78 Å². The standard InChI is InChI=1S/C16H19NO/c17-11-16-10-2-1-5-12(16)6-3-7-13-14(16)8-4-9-15(13)18/h3,6,12H,1-2,4-5,7-10H2/t12-,16+/m1/s1. The Labute approximate surface area is 108 Å². The van der Waals surface area contributed by atoms with Gasteiger partial charge < -0.3 is 0 Å². The SMILES string of the molecule is N#C[C@@]12CCCC[C@@H]1C=CCC1=C2CCCC1=O. The Hall–Kier alpha value is -1.36. The van der Waals surface area contributed by atoms with E-state index in [1.165, 1.54) is 12.0 Å². The number of Topliss-reactive ketones (excluding diaryl/α,β-unsaturated/α-hetero) is 1.